The van der Waals surface area contributed by atoms with E-state index in [1.54, 1.807) is 0 Å². The molecule has 3 N–H and O–H groups in total. The summed E-state index contributed by atoms with van der Waals surface area (Å²) in [6, 6.07) is 0.726. The molecule has 0 aromatic heterocycles. The Morgan fingerprint density at radius 2 is 1.91 bits per heavy atom. The average Bonchev–Trinajstić information content (AvgIpc) is 1.77. The third-order valence-corrected chi connectivity index (χ3v) is 1.83. The first kappa shape index (κ1) is 17.5. The molecule has 0 aromatic carbocycles. The van der Waals surface area contributed by atoms with Crippen molar-refractivity contribution in [2.75, 3.05) is 26.7 Å². The van der Waals surface area contributed by atoms with Gasteiger partial charge in [-0.3, -0.25) is 0 Å². The molecule has 1 heterocycles. The monoisotopic (exact) mass is 204 g/mol. The van der Waals surface area contributed by atoms with Crippen molar-refractivity contribution in [3.63, 3.8) is 0 Å². The molecule has 1 aliphatic rings. The highest BCUT2D eigenvalue weighted by Crippen LogP contribution is 1.95. The Hall–Kier alpha value is 0.460. The Balaban J connectivity index is -0.000000213. The topological polar surface area (TPSA) is 46.8 Å². The van der Waals surface area contributed by atoms with Crippen LogP contribution in [0.1, 0.15) is 6.92 Å². The molecule has 1 rings (SSSR count). The molecule has 0 amide bonds. The second-order valence-electron chi connectivity index (χ2n) is 2.53. The Bertz CT molecular complexity index is 75.0. The van der Waals surface area contributed by atoms with Crippen LogP contribution < -0.4 is 5.32 Å². The van der Waals surface area contributed by atoms with Crippen molar-refractivity contribution in [3.8, 4) is 0 Å². The zero-order valence-electron chi connectivity index (χ0n) is 6.96. The fourth-order valence-corrected chi connectivity index (χ4v) is 0.943. The number of nitrogens with zero attached hydrogens (tertiary/aromatic N) is 1. The Morgan fingerprint density at radius 3 is 2.18 bits per heavy atom. The number of hydrogen-bond donors (Lipinski definition) is 1. The van der Waals surface area contributed by atoms with Crippen LogP contribution in [0.5, 0.6) is 0 Å². The first-order valence-corrected chi connectivity index (χ1v) is 3.21. The predicted molar refractivity (Wildman–Crippen MR) is 53.1 cm³/mol. The zero-order valence-corrected chi connectivity index (χ0v) is 8.60. The first-order valence-electron chi connectivity index (χ1n) is 3.21. The maximum Gasteiger partial charge on any atom is 0.0189 e. The lowest BCUT2D eigenvalue weighted by Crippen LogP contribution is -2.47. The van der Waals surface area contributed by atoms with Crippen molar-refractivity contribution in [2.24, 2.45) is 0 Å². The van der Waals surface area contributed by atoms with Crippen molar-refractivity contribution in [1.29, 1.82) is 0 Å². The van der Waals surface area contributed by atoms with Gasteiger partial charge >= 0.3 is 0 Å². The fraction of sp³-hybridized carbons (Fsp3) is 1.00. The molecule has 0 spiro atoms. The van der Waals surface area contributed by atoms with Crippen LogP contribution in [-0.4, -0.2) is 43.1 Å². The summed E-state index contributed by atoms with van der Waals surface area (Å²) >= 11 is 0. The van der Waals surface area contributed by atoms with Crippen LogP contribution in [0.3, 0.4) is 0 Å². The number of hydrogen-bond acceptors (Lipinski definition) is 2. The van der Waals surface area contributed by atoms with E-state index in [9.17, 15) is 0 Å². The minimum atomic E-state index is 0. The van der Waals surface area contributed by atoms with Crippen LogP contribution in [0.2, 0.25) is 0 Å². The normalized spacial score (nSPS) is 24.0. The lowest BCUT2D eigenvalue weighted by molar-refractivity contribution is 0.215. The molecule has 3 nitrogen and oxygen atoms in total. The summed E-state index contributed by atoms with van der Waals surface area (Å²) in [5.41, 5.74) is 0. The van der Waals surface area contributed by atoms with Crippen molar-refractivity contribution < 1.29 is 5.48 Å². The number of nitrogens with one attached hydrogen (secondary N) is 1. The van der Waals surface area contributed by atoms with Crippen LogP contribution in [0, 0.1) is 0 Å². The summed E-state index contributed by atoms with van der Waals surface area (Å²) in [5.74, 6) is 0. The minimum absolute atomic E-state index is 0. The van der Waals surface area contributed by atoms with Gasteiger partial charge in [0.05, 0.1) is 0 Å². The van der Waals surface area contributed by atoms with Crippen LogP contribution in [0.4, 0.5) is 0 Å². The van der Waals surface area contributed by atoms with Gasteiger partial charge in [-0.25, -0.2) is 0 Å². The van der Waals surface area contributed by atoms with Crippen LogP contribution >= 0.6 is 24.8 Å². The zero-order chi connectivity index (χ0) is 5.98. The third kappa shape index (κ3) is 5.70. The largest absolute Gasteiger partial charge is 0.412 e. The second kappa shape index (κ2) is 8.56. The van der Waals surface area contributed by atoms with E-state index in [1.807, 2.05) is 0 Å². The molecule has 11 heavy (non-hydrogen) atoms. The number of piperazine rings is 1. The van der Waals surface area contributed by atoms with E-state index in [1.165, 1.54) is 6.54 Å². The number of rotatable bonds is 0. The summed E-state index contributed by atoms with van der Waals surface area (Å²) in [4.78, 5) is 2.37. The Morgan fingerprint density at radius 1 is 1.36 bits per heavy atom. The van der Waals surface area contributed by atoms with E-state index in [0.29, 0.717) is 0 Å². The van der Waals surface area contributed by atoms with Gasteiger partial charge in [-0.1, -0.05) is 0 Å². The minimum Gasteiger partial charge on any atom is -0.412 e. The van der Waals surface area contributed by atoms with Gasteiger partial charge in [0.15, 0.2) is 0 Å². The molecule has 0 saturated carbocycles. The second-order valence-corrected chi connectivity index (χ2v) is 2.53. The summed E-state index contributed by atoms with van der Waals surface area (Å²) < 4.78 is 0. The highest BCUT2D eigenvalue weighted by atomic mass is 35.5. The van der Waals surface area contributed by atoms with E-state index < -0.39 is 0 Å². The smallest absolute Gasteiger partial charge is 0.0189 e. The van der Waals surface area contributed by atoms with Crippen LogP contribution in [0.25, 0.3) is 0 Å². The summed E-state index contributed by atoms with van der Waals surface area (Å²) in [6.45, 7) is 5.74. The average molecular weight is 205 g/mol. The molecule has 1 saturated heterocycles. The van der Waals surface area contributed by atoms with Gasteiger partial charge in [0.25, 0.3) is 0 Å². The van der Waals surface area contributed by atoms with Gasteiger partial charge in [0, 0.05) is 25.7 Å². The lowest BCUT2D eigenvalue weighted by Gasteiger charge is -2.29. The van der Waals surface area contributed by atoms with Crippen molar-refractivity contribution in [2.45, 2.75) is 13.0 Å². The fourth-order valence-electron chi connectivity index (χ4n) is 0.943. The molecule has 5 heteroatoms. The quantitative estimate of drug-likeness (QED) is 0.601. The van der Waals surface area contributed by atoms with E-state index in [-0.39, 0.29) is 30.3 Å². The van der Waals surface area contributed by atoms with Gasteiger partial charge < -0.3 is 15.7 Å². The van der Waals surface area contributed by atoms with Crippen molar-refractivity contribution in [1.82, 2.24) is 10.2 Å². The molecule has 72 valence electrons. The number of likely N-dealkylation sites (N-methyl/N-ethyl adjacent to an activating group) is 1. The molecule has 1 aliphatic heterocycles. The molecule has 1 atom stereocenters. The number of halogens is 2. The van der Waals surface area contributed by atoms with Gasteiger partial charge in [0.2, 0.25) is 0 Å². The predicted octanol–water partition coefficient (Wildman–Crippen LogP) is -0.0712. The van der Waals surface area contributed by atoms with Crippen LogP contribution in [-0.2, 0) is 0 Å². The Labute approximate surface area is 80.7 Å². The molecular formula is C6H18Cl2N2O. The summed E-state index contributed by atoms with van der Waals surface area (Å²) in [5, 5.41) is 3.32. The van der Waals surface area contributed by atoms with E-state index in [0.717, 1.165) is 19.1 Å². The van der Waals surface area contributed by atoms with E-state index >= 15 is 0 Å². The molecule has 1 unspecified atom stereocenters. The van der Waals surface area contributed by atoms with Crippen molar-refractivity contribution >= 4 is 24.8 Å². The Kier molecular flexibility index (Phi) is 13.6. The summed E-state index contributed by atoms with van der Waals surface area (Å²) in [7, 11) is 2.17. The van der Waals surface area contributed by atoms with Gasteiger partial charge in [-0.15, -0.1) is 24.8 Å². The highest BCUT2D eigenvalue weighted by Gasteiger charge is 2.11. The lowest BCUT2D eigenvalue weighted by atomic mass is 10.2. The molecule has 0 bridgehead atoms. The SMILES string of the molecule is CC1CNCCN1C.Cl.Cl.O. The summed E-state index contributed by atoms with van der Waals surface area (Å²) in [6.07, 6.45) is 0. The maximum atomic E-state index is 3.32. The molecule has 0 aromatic rings. The van der Waals surface area contributed by atoms with Gasteiger partial charge in [0.1, 0.15) is 0 Å². The van der Waals surface area contributed by atoms with E-state index in [4.69, 9.17) is 0 Å². The maximum absolute atomic E-state index is 3.32. The first-order chi connectivity index (χ1) is 3.80. The molecular weight excluding hydrogens is 187 g/mol. The van der Waals surface area contributed by atoms with Gasteiger partial charge in [-0.05, 0) is 14.0 Å². The van der Waals surface area contributed by atoms with E-state index in [2.05, 4.69) is 24.2 Å². The molecule has 0 radical (unpaired) electrons. The molecule has 0 aliphatic carbocycles. The standard InChI is InChI=1S/C6H14N2.2ClH.H2O/c1-6-5-7-3-4-8(6)2;;;/h6-7H,3-5H2,1-2H3;2*1H;1H2. The van der Waals surface area contributed by atoms with Crippen LogP contribution in [0.15, 0.2) is 0 Å². The highest BCUT2D eigenvalue weighted by molar-refractivity contribution is 5.85. The third-order valence-electron chi connectivity index (χ3n) is 1.83. The molecule has 1 fully saturated rings. The van der Waals surface area contributed by atoms with Crippen molar-refractivity contribution in [3.05, 3.63) is 0 Å². The van der Waals surface area contributed by atoms with Gasteiger partial charge in [-0.2, -0.15) is 0 Å².